The Balaban J connectivity index is 0. The standard InChI is InChI=1S/C10H13ClN2O.2C2H6/c1-5-4-7(13)8(6(2)12)9(11)10(5)14-3;2*1-2/h4,12H,13H2,1-3H3;2*1-2H3. The van der Waals surface area contributed by atoms with Gasteiger partial charge in [-0.3, -0.25) is 0 Å². The van der Waals surface area contributed by atoms with Gasteiger partial charge < -0.3 is 15.9 Å². The summed E-state index contributed by atoms with van der Waals surface area (Å²) in [5, 5.41) is 7.95. The second kappa shape index (κ2) is 9.77. The van der Waals surface area contributed by atoms with E-state index in [0.29, 0.717) is 27.7 Å². The maximum atomic E-state index is 7.54. The summed E-state index contributed by atoms with van der Waals surface area (Å²) in [5.41, 5.74) is 8.04. The molecular formula is C14H25ClN2O. The molecule has 0 aromatic heterocycles. The van der Waals surface area contributed by atoms with Gasteiger partial charge in [0.2, 0.25) is 0 Å². The van der Waals surface area contributed by atoms with Crippen LogP contribution in [0.2, 0.25) is 5.02 Å². The number of rotatable bonds is 2. The molecule has 0 aliphatic carbocycles. The topological polar surface area (TPSA) is 59.1 Å². The van der Waals surface area contributed by atoms with E-state index in [1.807, 2.05) is 34.6 Å². The molecule has 0 aliphatic heterocycles. The van der Waals surface area contributed by atoms with Crippen molar-refractivity contribution < 1.29 is 4.74 Å². The fraction of sp³-hybridized carbons (Fsp3) is 0.500. The Hall–Kier alpha value is -1.22. The lowest BCUT2D eigenvalue weighted by molar-refractivity contribution is 0.412. The van der Waals surface area contributed by atoms with Crippen LogP contribution in [0.1, 0.15) is 45.7 Å². The van der Waals surface area contributed by atoms with Crippen molar-refractivity contribution in [1.82, 2.24) is 0 Å². The van der Waals surface area contributed by atoms with Gasteiger partial charge in [-0.15, -0.1) is 0 Å². The van der Waals surface area contributed by atoms with Crippen LogP contribution < -0.4 is 10.5 Å². The van der Waals surface area contributed by atoms with E-state index in [2.05, 4.69) is 0 Å². The molecule has 0 spiro atoms. The molecular weight excluding hydrogens is 248 g/mol. The van der Waals surface area contributed by atoms with Crippen LogP contribution in [0.4, 0.5) is 5.69 Å². The number of nitrogens with one attached hydrogen (secondary N) is 1. The third-order valence-electron chi connectivity index (χ3n) is 2.02. The highest BCUT2D eigenvalue weighted by Crippen LogP contribution is 2.35. The predicted molar refractivity (Wildman–Crippen MR) is 82.4 cm³/mol. The van der Waals surface area contributed by atoms with Crippen molar-refractivity contribution >= 4 is 23.0 Å². The van der Waals surface area contributed by atoms with Crippen molar-refractivity contribution in [3.05, 3.63) is 22.2 Å². The Morgan fingerprint density at radius 3 is 2.06 bits per heavy atom. The summed E-state index contributed by atoms with van der Waals surface area (Å²) >= 11 is 6.07. The third-order valence-corrected chi connectivity index (χ3v) is 2.38. The van der Waals surface area contributed by atoms with Crippen LogP contribution in [0.5, 0.6) is 5.75 Å². The highest BCUT2D eigenvalue weighted by molar-refractivity contribution is 6.36. The first-order valence-electron chi connectivity index (χ1n) is 6.17. The van der Waals surface area contributed by atoms with Crippen molar-refractivity contribution in [3.63, 3.8) is 0 Å². The third kappa shape index (κ3) is 4.57. The number of halogens is 1. The van der Waals surface area contributed by atoms with Crippen LogP contribution in [0.3, 0.4) is 0 Å². The number of benzene rings is 1. The van der Waals surface area contributed by atoms with Gasteiger partial charge in [-0.05, 0) is 25.5 Å². The second-order valence-electron chi connectivity index (χ2n) is 3.13. The average Bonchev–Trinajstić information content (AvgIpc) is 2.33. The molecule has 3 N–H and O–H groups in total. The summed E-state index contributed by atoms with van der Waals surface area (Å²) in [4.78, 5) is 0. The number of ether oxygens (including phenoxy) is 1. The largest absolute Gasteiger partial charge is 0.495 e. The molecule has 1 aromatic carbocycles. The van der Waals surface area contributed by atoms with Crippen LogP contribution >= 0.6 is 11.6 Å². The molecule has 0 heterocycles. The highest BCUT2D eigenvalue weighted by Gasteiger charge is 2.14. The Kier molecular flexibility index (Phi) is 10.4. The van der Waals surface area contributed by atoms with Gasteiger partial charge in [0.25, 0.3) is 0 Å². The maximum absolute atomic E-state index is 7.54. The molecule has 1 rings (SSSR count). The van der Waals surface area contributed by atoms with Gasteiger partial charge in [-0.25, -0.2) is 0 Å². The normalized spacial score (nSPS) is 8.44. The van der Waals surface area contributed by atoms with Gasteiger partial charge in [0.15, 0.2) is 0 Å². The Morgan fingerprint density at radius 1 is 1.28 bits per heavy atom. The van der Waals surface area contributed by atoms with Crippen LogP contribution in [-0.4, -0.2) is 12.8 Å². The van der Waals surface area contributed by atoms with Crippen LogP contribution in [-0.2, 0) is 0 Å². The van der Waals surface area contributed by atoms with Gasteiger partial charge >= 0.3 is 0 Å². The summed E-state index contributed by atoms with van der Waals surface area (Å²) in [5.74, 6) is 0.586. The molecule has 0 radical (unpaired) electrons. The average molecular weight is 273 g/mol. The van der Waals surface area contributed by atoms with Gasteiger partial charge in [0, 0.05) is 17.0 Å². The van der Waals surface area contributed by atoms with E-state index in [9.17, 15) is 0 Å². The predicted octanol–water partition coefficient (Wildman–Crippen LogP) is 4.68. The number of nitrogens with two attached hydrogens (primary N) is 1. The zero-order chi connectivity index (χ0) is 14.9. The second-order valence-corrected chi connectivity index (χ2v) is 3.51. The summed E-state index contributed by atoms with van der Waals surface area (Å²) in [6.07, 6.45) is 0. The molecule has 0 fully saturated rings. The number of nitrogen functional groups attached to an aromatic ring is 1. The maximum Gasteiger partial charge on any atom is 0.141 e. The molecule has 0 amide bonds. The van der Waals surface area contributed by atoms with Gasteiger partial charge in [-0.1, -0.05) is 39.3 Å². The molecule has 1 aromatic rings. The van der Waals surface area contributed by atoms with E-state index in [1.54, 1.807) is 20.1 Å². The van der Waals surface area contributed by atoms with E-state index < -0.39 is 0 Å². The van der Waals surface area contributed by atoms with Crippen LogP contribution in [0, 0.1) is 12.3 Å². The molecule has 0 saturated carbocycles. The van der Waals surface area contributed by atoms with Crippen molar-refractivity contribution in [1.29, 1.82) is 5.41 Å². The van der Waals surface area contributed by atoms with Gasteiger partial charge in [0.05, 0.1) is 12.1 Å². The molecule has 3 nitrogen and oxygen atoms in total. The fourth-order valence-electron chi connectivity index (χ4n) is 1.42. The Bertz CT molecular complexity index is 390. The summed E-state index contributed by atoms with van der Waals surface area (Å²) in [6, 6.07) is 1.76. The lowest BCUT2D eigenvalue weighted by atomic mass is 10.1. The molecule has 104 valence electrons. The Labute approximate surface area is 116 Å². The lowest BCUT2D eigenvalue weighted by Gasteiger charge is -2.13. The summed E-state index contributed by atoms with van der Waals surface area (Å²) in [6.45, 7) is 11.5. The van der Waals surface area contributed by atoms with E-state index in [4.69, 9.17) is 27.5 Å². The monoisotopic (exact) mass is 272 g/mol. The molecule has 4 heteroatoms. The molecule has 0 bridgehead atoms. The van der Waals surface area contributed by atoms with Crippen LogP contribution in [0.15, 0.2) is 6.07 Å². The molecule has 0 atom stereocenters. The van der Waals surface area contributed by atoms with Crippen molar-refractivity contribution in [2.45, 2.75) is 41.5 Å². The number of aryl methyl sites for hydroxylation is 1. The minimum atomic E-state index is 0.339. The van der Waals surface area contributed by atoms with Gasteiger partial charge in [-0.2, -0.15) is 0 Å². The first-order valence-corrected chi connectivity index (χ1v) is 6.55. The van der Waals surface area contributed by atoms with Crippen molar-refractivity contribution in [3.8, 4) is 5.75 Å². The summed E-state index contributed by atoms with van der Waals surface area (Å²) < 4.78 is 5.14. The lowest BCUT2D eigenvalue weighted by Crippen LogP contribution is -2.03. The zero-order valence-corrected chi connectivity index (χ0v) is 13.2. The number of methoxy groups -OCH3 is 1. The smallest absolute Gasteiger partial charge is 0.141 e. The SMILES string of the molecule is CC.CC.COc1c(C)cc(N)c(C(C)=N)c1Cl. The number of anilines is 1. The van der Waals surface area contributed by atoms with Crippen molar-refractivity contribution in [2.24, 2.45) is 0 Å². The van der Waals surface area contributed by atoms with E-state index >= 15 is 0 Å². The highest BCUT2D eigenvalue weighted by atomic mass is 35.5. The quantitative estimate of drug-likeness (QED) is 0.607. The van der Waals surface area contributed by atoms with Crippen molar-refractivity contribution in [2.75, 3.05) is 12.8 Å². The van der Waals surface area contributed by atoms with Crippen LogP contribution in [0.25, 0.3) is 0 Å². The first kappa shape index (κ1) is 19.1. The fourth-order valence-corrected chi connectivity index (χ4v) is 1.89. The molecule has 18 heavy (non-hydrogen) atoms. The van der Waals surface area contributed by atoms with E-state index in [1.165, 1.54) is 0 Å². The Morgan fingerprint density at radius 2 is 1.72 bits per heavy atom. The summed E-state index contributed by atoms with van der Waals surface area (Å²) in [7, 11) is 1.55. The van der Waals surface area contributed by atoms with E-state index in [0.717, 1.165) is 5.56 Å². The molecule has 0 unspecified atom stereocenters. The molecule has 0 saturated heterocycles. The first-order chi connectivity index (χ1) is 8.49. The minimum Gasteiger partial charge on any atom is -0.495 e. The number of hydrogen-bond donors (Lipinski definition) is 2. The number of hydrogen-bond acceptors (Lipinski definition) is 3. The minimum absolute atomic E-state index is 0.339. The van der Waals surface area contributed by atoms with Gasteiger partial charge in [0.1, 0.15) is 5.75 Å². The zero-order valence-electron chi connectivity index (χ0n) is 12.4. The van der Waals surface area contributed by atoms with E-state index in [-0.39, 0.29) is 0 Å². The molecule has 0 aliphatic rings.